The Morgan fingerprint density at radius 2 is 1.91 bits per heavy atom. The Bertz CT molecular complexity index is 1070. The quantitative estimate of drug-likeness (QED) is 0.542. The summed E-state index contributed by atoms with van der Waals surface area (Å²) in [6, 6.07) is 9.83. The van der Waals surface area contributed by atoms with Crippen LogP contribution < -0.4 is 5.56 Å². The molecule has 0 spiro atoms. The summed E-state index contributed by atoms with van der Waals surface area (Å²) >= 11 is 1.38. The Hall–Kier alpha value is -2.60. The Morgan fingerprint density at radius 1 is 1.14 bits per heavy atom. The second-order valence-electron chi connectivity index (χ2n) is 5.12. The Balaban J connectivity index is 2.09. The van der Waals surface area contributed by atoms with Crippen LogP contribution in [0.5, 0.6) is 0 Å². The van der Waals surface area contributed by atoms with E-state index >= 15 is 0 Å². The van der Waals surface area contributed by atoms with Gasteiger partial charge in [-0.1, -0.05) is 30.3 Å². The summed E-state index contributed by atoms with van der Waals surface area (Å²) < 4.78 is 2.11. The van der Waals surface area contributed by atoms with Gasteiger partial charge in [0, 0.05) is 12.6 Å². The number of nitrogens with zero attached hydrogens (tertiary/aromatic N) is 4. The predicted molar refractivity (Wildman–Crippen MR) is 88.1 cm³/mol. The molecule has 0 aliphatic rings. The summed E-state index contributed by atoms with van der Waals surface area (Å²) in [4.78, 5) is 26.7. The Labute approximate surface area is 129 Å². The monoisotopic (exact) mass is 308 g/mol. The average Bonchev–Trinajstić information content (AvgIpc) is 2.91. The first kappa shape index (κ1) is 13.1. The zero-order valence-corrected chi connectivity index (χ0v) is 12.9. The third kappa shape index (κ3) is 1.84. The molecular weight excluding hydrogens is 296 g/mol. The van der Waals surface area contributed by atoms with Crippen LogP contribution in [0.25, 0.3) is 31.8 Å². The fourth-order valence-electron chi connectivity index (χ4n) is 2.49. The van der Waals surface area contributed by atoms with Gasteiger partial charge < -0.3 is 4.57 Å². The van der Waals surface area contributed by atoms with Crippen LogP contribution in [-0.2, 0) is 7.05 Å². The minimum absolute atomic E-state index is 0.0475. The first-order chi connectivity index (χ1) is 10.6. The smallest absolute Gasteiger partial charge is 0.271 e. The number of hydrogen-bond donors (Lipinski definition) is 0. The SMILES string of the molecule is Cc1nc(-c2ccccc2)nc2sc3c(=O)n(C)cnc3c12. The minimum Gasteiger partial charge on any atom is -0.301 e. The van der Waals surface area contributed by atoms with Crippen molar-refractivity contribution in [2.75, 3.05) is 0 Å². The third-order valence-electron chi connectivity index (χ3n) is 3.61. The molecular formula is C16H12N4OS. The summed E-state index contributed by atoms with van der Waals surface area (Å²) in [5, 5.41) is 0.873. The number of thiophene rings is 1. The molecule has 0 fully saturated rings. The third-order valence-corrected chi connectivity index (χ3v) is 4.67. The molecule has 0 aliphatic heterocycles. The maximum Gasteiger partial charge on any atom is 0.271 e. The van der Waals surface area contributed by atoms with E-state index in [2.05, 4.69) is 15.0 Å². The molecule has 0 unspecified atom stereocenters. The number of aromatic nitrogens is 4. The van der Waals surface area contributed by atoms with Crippen LogP contribution in [0.4, 0.5) is 0 Å². The van der Waals surface area contributed by atoms with E-state index in [0.717, 1.165) is 21.5 Å². The lowest BCUT2D eigenvalue weighted by Gasteiger charge is -2.02. The van der Waals surface area contributed by atoms with Crippen LogP contribution in [0.2, 0.25) is 0 Å². The first-order valence-corrected chi connectivity index (χ1v) is 7.64. The Kier molecular flexibility index (Phi) is 2.80. The molecule has 1 aromatic carbocycles. The molecule has 0 aliphatic carbocycles. The number of rotatable bonds is 1. The van der Waals surface area contributed by atoms with Gasteiger partial charge in [-0.05, 0) is 6.92 Å². The summed E-state index contributed by atoms with van der Waals surface area (Å²) in [5.41, 5.74) is 2.45. The van der Waals surface area contributed by atoms with Gasteiger partial charge in [-0.3, -0.25) is 4.79 Å². The van der Waals surface area contributed by atoms with Crippen molar-refractivity contribution in [3.05, 3.63) is 52.7 Å². The van der Waals surface area contributed by atoms with Crippen molar-refractivity contribution in [2.24, 2.45) is 7.05 Å². The topological polar surface area (TPSA) is 60.7 Å². The molecule has 0 saturated carbocycles. The number of fused-ring (bicyclic) bond motifs is 3. The van der Waals surface area contributed by atoms with Crippen molar-refractivity contribution >= 4 is 31.8 Å². The molecule has 108 valence electrons. The fourth-order valence-corrected chi connectivity index (χ4v) is 3.65. The van der Waals surface area contributed by atoms with Crippen LogP contribution in [0, 0.1) is 6.92 Å². The van der Waals surface area contributed by atoms with Crippen molar-refractivity contribution in [1.29, 1.82) is 0 Å². The van der Waals surface area contributed by atoms with Crippen LogP contribution in [-0.4, -0.2) is 19.5 Å². The lowest BCUT2D eigenvalue weighted by atomic mass is 10.2. The number of benzene rings is 1. The predicted octanol–water partition coefficient (Wildman–Crippen LogP) is 2.91. The second kappa shape index (κ2) is 4.71. The van der Waals surface area contributed by atoms with Gasteiger partial charge in [0.15, 0.2) is 5.82 Å². The molecule has 6 heteroatoms. The molecule has 0 radical (unpaired) electrons. The summed E-state index contributed by atoms with van der Waals surface area (Å²) in [7, 11) is 1.70. The van der Waals surface area contributed by atoms with Crippen LogP contribution in [0.3, 0.4) is 0 Å². The molecule has 0 saturated heterocycles. The standard InChI is InChI=1S/C16H12N4OS/c1-9-11-12-13(16(21)20(2)8-17-12)22-15(11)19-14(18-9)10-6-4-3-5-7-10/h3-8H,1-2H3. The lowest BCUT2D eigenvalue weighted by Crippen LogP contribution is -2.15. The molecule has 3 heterocycles. The van der Waals surface area contributed by atoms with Crippen molar-refractivity contribution in [3.8, 4) is 11.4 Å². The average molecular weight is 308 g/mol. The van der Waals surface area contributed by atoms with E-state index in [0.29, 0.717) is 16.0 Å². The van der Waals surface area contributed by atoms with Crippen molar-refractivity contribution in [3.63, 3.8) is 0 Å². The van der Waals surface area contributed by atoms with Gasteiger partial charge in [-0.25, -0.2) is 15.0 Å². The van der Waals surface area contributed by atoms with Gasteiger partial charge in [-0.15, -0.1) is 11.3 Å². The lowest BCUT2D eigenvalue weighted by molar-refractivity contribution is 0.845. The molecule has 3 aromatic heterocycles. The van der Waals surface area contributed by atoms with E-state index in [4.69, 9.17) is 0 Å². The van der Waals surface area contributed by atoms with Crippen LogP contribution >= 0.6 is 11.3 Å². The molecule has 5 nitrogen and oxygen atoms in total. The van der Waals surface area contributed by atoms with Crippen molar-refractivity contribution in [1.82, 2.24) is 19.5 Å². The van der Waals surface area contributed by atoms with E-state index in [1.54, 1.807) is 13.4 Å². The van der Waals surface area contributed by atoms with Crippen LogP contribution in [0.1, 0.15) is 5.69 Å². The summed E-state index contributed by atoms with van der Waals surface area (Å²) in [6.45, 7) is 1.93. The van der Waals surface area contributed by atoms with Crippen molar-refractivity contribution < 1.29 is 0 Å². The summed E-state index contributed by atoms with van der Waals surface area (Å²) in [6.07, 6.45) is 1.54. The Morgan fingerprint density at radius 3 is 2.68 bits per heavy atom. The van der Waals surface area contributed by atoms with Gasteiger partial charge in [-0.2, -0.15) is 0 Å². The van der Waals surface area contributed by atoms with Gasteiger partial charge >= 0.3 is 0 Å². The number of hydrogen-bond acceptors (Lipinski definition) is 5. The van der Waals surface area contributed by atoms with Gasteiger partial charge in [0.05, 0.1) is 22.9 Å². The normalized spacial score (nSPS) is 11.4. The van der Waals surface area contributed by atoms with E-state index in [9.17, 15) is 4.79 Å². The molecule has 22 heavy (non-hydrogen) atoms. The zero-order chi connectivity index (χ0) is 15.3. The largest absolute Gasteiger partial charge is 0.301 e. The summed E-state index contributed by atoms with van der Waals surface area (Å²) in [5.74, 6) is 0.675. The second-order valence-corrected chi connectivity index (χ2v) is 6.12. The van der Waals surface area contributed by atoms with E-state index in [-0.39, 0.29) is 5.56 Å². The van der Waals surface area contributed by atoms with Gasteiger partial charge in [0.25, 0.3) is 5.56 Å². The minimum atomic E-state index is -0.0475. The highest BCUT2D eigenvalue weighted by molar-refractivity contribution is 7.25. The zero-order valence-electron chi connectivity index (χ0n) is 12.1. The highest BCUT2D eigenvalue weighted by Gasteiger charge is 2.16. The van der Waals surface area contributed by atoms with E-state index < -0.39 is 0 Å². The maximum absolute atomic E-state index is 12.2. The number of aryl methyl sites for hydroxylation is 2. The van der Waals surface area contributed by atoms with E-state index in [1.165, 1.54) is 15.9 Å². The molecule has 4 rings (SSSR count). The van der Waals surface area contributed by atoms with Gasteiger partial charge in [0.1, 0.15) is 9.53 Å². The first-order valence-electron chi connectivity index (χ1n) is 6.83. The maximum atomic E-state index is 12.2. The molecule has 0 amide bonds. The molecule has 0 bridgehead atoms. The fraction of sp³-hybridized carbons (Fsp3) is 0.125. The van der Waals surface area contributed by atoms with E-state index in [1.807, 2.05) is 37.3 Å². The molecule has 0 atom stereocenters. The molecule has 4 aromatic rings. The molecule has 0 N–H and O–H groups in total. The van der Waals surface area contributed by atoms with Crippen LogP contribution in [0.15, 0.2) is 41.5 Å². The van der Waals surface area contributed by atoms with Crippen molar-refractivity contribution in [2.45, 2.75) is 6.92 Å². The van der Waals surface area contributed by atoms with Gasteiger partial charge in [0.2, 0.25) is 0 Å². The highest BCUT2D eigenvalue weighted by Crippen LogP contribution is 2.32. The highest BCUT2D eigenvalue weighted by atomic mass is 32.1.